The number of benzene rings is 1. The van der Waals surface area contributed by atoms with Gasteiger partial charge in [-0.15, -0.1) is 0 Å². The zero-order valence-electron chi connectivity index (χ0n) is 8.06. The summed E-state index contributed by atoms with van der Waals surface area (Å²) in [7, 11) is 0. The summed E-state index contributed by atoms with van der Waals surface area (Å²) in [5, 5.41) is 0. The van der Waals surface area contributed by atoms with Gasteiger partial charge in [-0.3, -0.25) is 4.79 Å². The first-order chi connectivity index (χ1) is 6.91. The van der Waals surface area contributed by atoms with Crippen molar-refractivity contribution in [2.75, 3.05) is 0 Å². The molecule has 0 aliphatic carbocycles. The third kappa shape index (κ3) is 3.57. The van der Waals surface area contributed by atoms with Crippen LogP contribution < -0.4 is 5.73 Å². The molecule has 1 amide bonds. The zero-order chi connectivity index (χ0) is 11.6. The Hall–Kier alpha value is 0.130. The number of hydrogen-bond donors (Lipinski definition) is 1. The predicted octanol–water partition coefficient (Wildman–Crippen LogP) is 3.31. The molecule has 0 bridgehead atoms. The quantitative estimate of drug-likeness (QED) is 0.778. The summed E-state index contributed by atoms with van der Waals surface area (Å²) in [6, 6.07) is 4.03. The minimum Gasteiger partial charge on any atom is -0.369 e. The normalized spacial score (nSPS) is 12.5. The molecule has 0 fully saturated rings. The van der Waals surface area contributed by atoms with Crippen LogP contribution in [0.4, 0.5) is 0 Å². The molecule has 0 aliphatic rings. The Morgan fingerprint density at radius 3 is 2.27 bits per heavy atom. The van der Waals surface area contributed by atoms with Gasteiger partial charge in [-0.1, -0.05) is 47.8 Å². The van der Waals surface area contributed by atoms with Crippen LogP contribution in [0.3, 0.4) is 0 Å². The molecule has 1 rings (SSSR count). The first kappa shape index (κ1) is 13.2. The third-order valence-electron chi connectivity index (χ3n) is 1.98. The van der Waals surface area contributed by atoms with Gasteiger partial charge in [0.15, 0.2) is 0 Å². The average molecular weight is 400 g/mol. The molecular weight excluding hydrogens is 390 g/mol. The van der Waals surface area contributed by atoms with Crippen molar-refractivity contribution in [3.63, 3.8) is 0 Å². The Morgan fingerprint density at radius 1 is 1.40 bits per heavy atom. The van der Waals surface area contributed by atoms with Crippen molar-refractivity contribution in [1.82, 2.24) is 0 Å². The highest BCUT2D eigenvalue weighted by atomic mass is 79.9. The van der Waals surface area contributed by atoms with Crippen LogP contribution in [0.2, 0.25) is 0 Å². The SMILES string of the molecule is Cc1cc(Br)c(CC(Br)C(N)=O)c(Br)c1. The summed E-state index contributed by atoms with van der Waals surface area (Å²) in [6.07, 6.45) is 0.566. The number of rotatable bonds is 3. The van der Waals surface area contributed by atoms with Crippen molar-refractivity contribution in [3.05, 3.63) is 32.2 Å². The summed E-state index contributed by atoms with van der Waals surface area (Å²) in [6.45, 7) is 2.01. The molecule has 0 aliphatic heterocycles. The maximum absolute atomic E-state index is 10.9. The van der Waals surface area contributed by atoms with E-state index in [0.29, 0.717) is 6.42 Å². The van der Waals surface area contributed by atoms with E-state index in [1.807, 2.05) is 19.1 Å². The third-order valence-corrected chi connectivity index (χ3v) is 4.17. The van der Waals surface area contributed by atoms with Crippen LogP contribution in [-0.4, -0.2) is 10.7 Å². The van der Waals surface area contributed by atoms with Crippen molar-refractivity contribution >= 4 is 53.7 Å². The lowest BCUT2D eigenvalue weighted by atomic mass is 10.1. The summed E-state index contributed by atoms with van der Waals surface area (Å²) < 4.78 is 1.97. The molecule has 2 nitrogen and oxygen atoms in total. The fraction of sp³-hybridized carbons (Fsp3) is 0.300. The number of primary amides is 1. The topological polar surface area (TPSA) is 43.1 Å². The Labute approximate surface area is 114 Å². The second-order valence-electron chi connectivity index (χ2n) is 3.28. The minimum atomic E-state index is -0.352. The van der Waals surface area contributed by atoms with Gasteiger partial charge in [0.05, 0.1) is 4.83 Å². The first-order valence-electron chi connectivity index (χ1n) is 4.29. The fourth-order valence-corrected chi connectivity index (χ4v) is 3.27. The largest absolute Gasteiger partial charge is 0.369 e. The number of carbonyl (C=O) groups is 1. The number of hydrogen-bond acceptors (Lipinski definition) is 1. The zero-order valence-corrected chi connectivity index (χ0v) is 12.8. The van der Waals surface area contributed by atoms with Gasteiger partial charge in [0, 0.05) is 8.95 Å². The van der Waals surface area contributed by atoms with Crippen LogP contribution in [0.15, 0.2) is 21.1 Å². The Morgan fingerprint density at radius 2 is 1.87 bits per heavy atom. The van der Waals surface area contributed by atoms with Crippen LogP contribution in [0.5, 0.6) is 0 Å². The maximum atomic E-state index is 10.9. The van der Waals surface area contributed by atoms with E-state index in [1.54, 1.807) is 0 Å². The van der Waals surface area contributed by atoms with E-state index in [9.17, 15) is 4.79 Å². The van der Waals surface area contributed by atoms with Crippen molar-refractivity contribution in [3.8, 4) is 0 Å². The lowest BCUT2D eigenvalue weighted by molar-refractivity contribution is -0.117. The molecule has 0 saturated carbocycles. The fourth-order valence-electron chi connectivity index (χ4n) is 1.20. The standard InChI is InChI=1S/C10H10Br3NO/c1-5-2-7(11)6(8(12)3-5)4-9(13)10(14)15/h2-3,9H,4H2,1H3,(H2,14,15). The molecule has 5 heteroatoms. The molecule has 0 saturated heterocycles. The van der Waals surface area contributed by atoms with Crippen LogP contribution >= 0.6 is 47.8 Å². The van der Waals surface area contributed by atoms with Crippen LogP contribution in [-0.2, 0) is 11.2 Å². The van der Waals surface area contributed by atoms with E-state index in [-0.39, 0.29) is 10.7 Å². The molecule has 0 spiro atoms. The summed E-state index contributed by atoms with van der Waals surface area (Å²) in [5.74, 6) is -0.352. The molecule has 15 heavy (non-hydrogen) atoms. The second-order valence-corrected chi connectivity index (χ2v) is 6.10. The molecule has 0 heterocycles. The molecule has 82 valence electrons. The van der Waals surface area contributed by atoms with Gasteiger partial charge in [-0.2, -0.15) is 0 Å². The van der Waals surface area contributed by atoms with Gasteiger partial charge in [0.2, 0.25) is 5.91 Å². The van der Waals surface area contributed by atoms with Crippen molar-refractivity contribution < 1.29 is 4.79 Å². The van der Waals surface area contributed by atoms with Gasteiger partial charge in [0.1, 0.15) is 0 Å². The molecule has 0 radical (unpaired) electrons. The summed E-state index contributed by atoms with van der Waals surface area (Å²) in [4.78, 5) is 10.6. The Bertz CT molecular complexity index is 369. The Balaban J connectivity index is 3.00. The second kappa shape index (κ2) is 5.46. The average Bonchev–Trinajstić information content (AvgIpc) is 2.10. The highest BCUT2D eigenvalue weighted by Crippen LogP contribution is 2.29. The first-order valence-corrected chi connectivity index (χ1v) is 6.80. The van der Waals surface area contributed by atoms with Gasteiger partial charge in [-0.25, -0.2) is 0 Å². The minimum absolute atomic E-state index is 0.340. The van der Waals surface area contributed by atoms with E-state index < -0.39 is 0 Å². The molecule has 1 aromatic rings. The van der Waals surface area contributed by atoms with Crippen molar-refractivity contribution in [1.29, 1.82) is 0 Å². The monoisotopic (exact) mass is 397 g/mol. The van der Waals surface area contributed by atoms with E-state index in [1.165, 1.54) is 0 Å². The molecule has 0 aromatic heterocycles. The van der Waals surface area contributed by atoms with Gasteiger partial charge in [-0.05, 0) is 36.6 Å². The lowest BCUT2D eigenvalue weighted by Gasteiger charge is -2.11. The number of carbonyl (C=O) groups excluding carboxylic acids is 1. The van der Waals surface area contributed by atoms with Gasteiger partial charge >= 0.3 is 0 Å². The molecule has 1 aromatic carbocycles. The lowest BCUT2D eigenvalue weighted by Crippen LogP contribution is -2.25. The number of nitrogens with two attached hydrogens (primary N) is 1. The summed E-state index contributed by atoms with van der Waals surface area (Å²) >= 11 is 10.2. The van der Waals surface area contributed by atoms with Gasteiger partial charge < -0.3 is 5.73 Å². The predicted molar refractivity (Wildman–Crippen MR) is 72.2 cm³/mol. The highest BCUT2D eigenvalue weighted by Gasteiger charge is 2.15. The molecular formula is C10H10Br3NO. The molecule has 2 N–H and O–H groups in total. The summed E-state index contributed by atoms with van der Waals surface area (Å²) in [5.41, 5.74) is 7.40. The van der Waals surface area contributed by atoms with E-state index >= 15 is 0 Å². The van der Waals surface area contributed by atoms with Crippen LogP contribution in [0.1, 0.15) is 11.1 Å². The van der Waals surface area contributed by atoms with Crippen molar-refractivity contribution in [2.24, 2.45) is 5.73 Å². The Kier molecular flexibility index (Phi) is 4.80. The van der Waals surface area contributed by atoms with E-state index in [0.717, 1.165) is 20.1 Å². The highest BCUT2D eigenvalue weighted by molar-refractivity contribution is 9.11. The maximum Gasteiger partial charge on any atom is 0.231 e. The molecule has 1 atom stereocenters. The molecule has 1 unspecified atom stereocenters. The number of aryl methyl sites for hydroxylation is 1. The van der Waals surface area contributed by atoms with Crippen LogP contribution in [0, 0.1) is 6.92 Å². The van der Waals surface area contributed by atoms with Gasteiger partial charge in [0.25, 0.3) is 0 Å². The smallest absolute Gasteiger partial charge is 0.231 e. The van der Waals surface area contributed by atoms with E-state index in [4.69, 9.17) is 5.73 Å². The number of amides is 1. The van der Waals surface area contributed by atoms with E-state index in [2.05, 4.69) is 47.8 Å². The van der Waals surface area contributed by atoms with Crippen LogP contribution in [0.25, 0.3) is 0 Å². The van der Waals surface area contributed by atoms with Crippen molar-refractivity contribution in [2.45, 2.75) is 18.2 Å². The number of halogens is 3. The number of alkyl halides is 1.